The van der Waals surface area contributed by atoms with Crippen LogP contribution in [0.15, 0.2) is 0 Å². The van der Waals surface area contributed by atoms with Crippen molar-refractivity contribution in [2.75, 3.05) is 26.4 Å². The second-order valence-electron chi connectivity index (χ2n) is 6.80. The summed E-state index contributed by atoms with van der Waals surface area (Å²) < 4.78 is 31.7. The number of phosphoric ester groups is 1. The van der Waals surface area contributed by atoms with Crippen molar-refractivity contribution in [3.63, 3.8) is 0 Å². The molecule has 0 aliphatic heterocycles. The first-order valence-electron chi connectivity index (χ1n) is 10.5. The lowest BCUT2D eigenvalue weighted by molar-refractivity contribution is -0.161. The van der Waals surface area contributed by atoms with Gasteiger partial charge in [0.1, 0.15) is 6.61 Å². The number of ether oxygens (including phenoxy) is 2. The molecule has 0 saturated heterocycles. The molecule has 0 radical (unpaired) electrons. The highest BCUT2D eigenvalue weighted by Crippen LogP contribution is 2.43. The Hall–Kier alpha value is -0.990. The van der Waals surface area contributed by atoms with Crippen LogP contribution in [0.3, 0.4) is 0 Å². The Morgan fingerprint density at radius 3 is 2.03 bits per heavy atom. The van der Waals surface area contributed by atoms with Crippen molar-refractivity contribution in [2.45, 2.75) is 84.2 Å². The van der Waals surface area contributed by atoms with E-state index >= 15 is 0 Å². The van der Waals surface area contributed by atoms with Crippen LogP contribution < -0.4 is 5.73 Å². The van der Waals surface area contributed by atoms with E-state index in [1.165, 1.54) is 0 Å². The molecule has 0 bridgehead atoms. The van der Waals surface area contributed by atoms with Crippen LogP contribution in [0.1, 0.15) is 78.1 Å². The van der Waals surface area contributed by atoms with Crippen LogP contribution in [0.4, 0.5) is 0 Å². The largest absolute Gasteiger partial charge is 0.472 e. The summed E-state index contributed by atoms with van der Waals surface area (Å²) in [5.74, 6) is -0.874. The molecule has 10 heteroatoms. The molecule has 0 rings (SSSR count). The number of rotatable bonds is 19. The number of carbonyl (C=O) groups is 2. The van der Waals surface area contributed by atoms with Crippen LogP contribution in [0.25, 0.3) is 0 Å². The maximum absolute atomic E-state index is 12.0. The molecule has 9 nitrogen and oxygen atoms in total. The molecule has 172 valence electrons. The predicted octanol–water partition coefficient (Wildman–Crippen LogP) is 3.47. The quantitative estimate of drug-likeness (QED) is 0.176. The minimum absolute atomic E-state index is 0.0553. The van der Waals surface area contributed by atoms with Gasteiger partial charge in [-0.15, -0.1) is 0 Å². The van der Waals surface area contributed by atoms with E-state index in [1.54, 1.807) is 0 Å². The molecule has 0 aromatic heterocycles. The summed E-state index contributed by atoms with van der Waals surface area (Å²) in [6.07, 6.45) is 6.98. The van der Waals surface area contributed by atoms with E-state index in [1.807, 2.05) is 0 Å². The van der Waals surface area contributed by atoms with Crippen LogP contribution in [-0.2, 0) is 32.7 Å². The molecule has 0 amide bonds. The monoisotopic (exact) mass is 439 g/mol. The number of hydrogen-bond donors (Lipinski definition) is 2. The molecule has 3 N–H and O–H groups in total. The highest BCUT2D eigenvalue weighted by atomic mass is 31.2. The maximum atomic E-state index is 12.0. The second-order valence-corrected chi connectivity index (χ2v) is 8.26. The van der Waals surface area contributed by atoms with Gasteiger partial charge >= 0.3 is 19.8 Å². The summed E-state index contributed by atoms with van der Waals surface area (Å²) in [5, 5.41) is 0. The Morgan fingerprint density at radius 2 is 1.48 bits per heavy atom. The third-order valence-electron chi connectivity index (χ3n) is 3.99. The van der Waals surface area contributed by atoms with Gasteiger partial charge in [-0.1, -0.05) is 52.4 Å². The number of phosphoric acid groups is 1. The Morgan fingerprint density at radius 1 is 0.897 bits per heavy atom. The second kappa shape index (κ2) is 17.8. The molecule has 1 unspecified atom stereocenters. The third kappa shape index (κ3) is 17.6. The van der Waals surface area contributed by atoms with Crippen molar-refractivity contribution in [1.29, 1.82) is 0 Å². The predicted molar refractivity (Wildman–Crippen MR) is 109 cm³/mol. The van der Waals surface area contributed by atoms with E-state index in [9.17, 15) is 19.0 Å². The topological polar surface area (TPSA) is 134 Å². The lowest BCUT2D eigenvalue weighted by Gasteiger charge is -2.19. The zero-order chi connectivity index (χ0) is 22.0. The molecule has 0 saturated carbocycles. The average molecular weight is 439 g/mol. The van der Waals surface area contributed by atoms with E-state index in [-0.39, 0.29) is 32.6 Å². The lowest BCUT2D eigenvalue weighted by atomic mass is 10.1. The smallest absolute Gasteiger partial charge is 0.462 e. The Kier molecular flexibility index (Phi) is 17.2. The van der Waals surface area contributed by atoms with Crippen molar-refractivity contribution in [3.05, 3.63) is 0 Å². The molecule has 0 heterocycles. The molecular weight excluding hydrogens is 401 g/mol. The van der Waals surface area contributed by atoms with Gasteiger partial charge in [0.2, 0.25) is 0 Å². The lowest BCUT2D eigenvalue weighted by Crippen LogP contribution is -2.29. The molecule has 29 heavy (non-hydrogen) atoms. The Balaban J connectivity index is 4.51. The first kappa shape index (κ1) is 28.0. The highest BCUT2D eigenvalue weighted by molar-refractivity contribution is 7.47. The van der Waals surface area contributed by atoms with Crippen LogP contribution >= 0.6 is 7.82 Å². The SMILES string of the molecule is CCCCCCC(=O)OC[C@@H](COP(=O)(O)OCCN)OC(=O)CCCCCC. The fraction of sp³-hybridized carbons (Fsp3) is 0.895. The first-order chi connectivity index (χ1) is 13.8. The molecule has 0 aromatic carbocycles. The Labute approximate surface area is 174 Å². The van der Waals surface area contributed by atoms with E-state index < -0.39 is 32.5 Å². The molecular formula is C19H38NO8P. The number of nitrogens with two attached hydrogens (primary N) is 1. The van der Waals surface area contributed by atoms with E-state index in [4.69, 9.17) is 19.7 Å². The number of carbonyl (C=O) groups excluding carboxylic acids is 2. The van der Waals surface area contributed by atoms with Crippen LogP contribution in [0.2, 0.25) is 0 Å². The van der Waals surface area contributed by atoms with E-state index in [2.05, 4.69) is 18.4 Å². The van der Waals surface area contributed by atoms with Crippen molar-refractivity contribution < 1.29 is 37.6 Å². The van der Waals surface area contributed by atoms with Gasteiger partial charge in [-0.2, -0.15) is 0 Å². The van der Waals surface area contributed by atoms with Gasteiger partial charge in [-0.05, 0) is 12.8 Å². The van der Waals surface area contributed by atoms with Gasteiger partial charge in [0.25, 0.3) is 0 Å². The Bertz CT molecular complexity index is 489. The van der Waals surface area contributed by atoms with Crippen molar-refractivity contribution in [3.8, 4) is 0 Å². The summed E-state index contributed by atoms with van der Waals surface area (Å²) in [5.41, 5.74) is 5.23. The summed E-state index contributed by atoms with van der Waals surface area (Å²) in [7, 11) is -4.32. The van der Waals surface area contributed by atoms with E-state index in [0.717, 1.165) is 44.9 Å². The summed E-state index contributed by atoms with van der Waals surface area (Å²) in [6, 6.07) is 0. The van der Waals surface area contributed by atoms with Gasteiger partial charge in [0, 0.05) is 19.4 Å². The fourth-order valence-electron chi connectivity index (χ4n) is 2.39. The molecule has 0 spiro atoms. The normalized spacial score (nSPS) is 14.2. The first-order valence-corrected chi connectivity index (χ1v) is 12.0. The van der Waals surface area contributed by atoms with Crippen LogP contribution in [0.5, 0.6) is 0 Å². The minimum atomic E-state index is -4.32. The number of esters is 2. The van der Waals surface area contributed by atoms with E-state index in [0.29, 0.717) is 6.42 Å². The zero-order valence-corrected chi connectivity index (χ0v) is 18.7. The highest BCUT2D eigenvalue weighted by Gasteiger charge is 2.25. The van der Waals surface area contributed by atoms with Crippen LogP contribution in [-0.4, -0.2) is 49.3 Å². The van der Waals surface area contributed by atoms with Gasteiger partial charge in [0.15, 0.2) is 6.10 Å². The van der Waals surface area contributed by atoms with Crippen molar-refractivity contribution in [1.82, 2.24) is 0 Å². The van der Waals surface area contributed by atoms with Crippen LogP contribution in [0, 0.1) is 0 Å². The molecule has 0 aliphatic carbocycles. The number of hydrogen-bond acceptors (Lipinski definition) is 8. The average Bonchev–Trinajstić information content (AvgIpc) is 2.69. The summed E-state index contributed by atoms with van der Waals surface area (Å²) in [4.78, 5) is 33.4. The van der Waals surface area contributed by atoms with Gasteiger partial charge in [0.05, 0.1) is 13.2 Å². The summed E-state index contributed by atoms with van der Waals surface area (Å²) >= 11 is 0. The number of unbranched alkanes of at least 4 members (excludes halogenated alkanes) is 6. The fourth-order valence-corrected chi connectivity index (χ4v) is 3.16. The molecule has 2 atom stereocenters. The van der Waals surface area contributed by atoms with Gasteiger partial charge < -0.3 is 20.1 Å². The van der Waals surface area contributed by atoms with Crippen molar-refractivity contribution in [2.24, 2.45) is 5.73 Å². The molecule has 0 fully saturated rings. The maximum Gasteiger partial charge on any atom is 0.472 e. The van der Waals surface area contributed by atoms with Gasteiger partial charge in [-0.3, -0.25) is 18.6 Å². The zero-order valence-electron chi connectivity index (χ0n) is 17.8. The standard InChI is InChI=1S/C19H38NO8P/c1-3-5-7-9-11-18(21)25-15-17(16-27-29(23,24)26-14-13-20)28-19(22)12-10-8-6-4-2/h17H,3-16,20H2,1-2H3,(H,23,24)/t17-/m0/s1. The molecule has 0 aromatic rings. The summed E-state index contributed by atoms with van der Waals surface area (Å²) in [6.45, 7) is 3.38. The molecule has 0 aliphatic rings. The minimum Gasteiger partial charge on any atom is -0.462 e. The third-order valence-corrected chi connectivity index (χ3v) is 4.98. The van der Waals surface area contributed by atoms with Gasteiger partial charge in [-0.25, -0.2) is 4.57 Å². The van der Waals surface area contributed by atoms with Crippen molar-refractivity contribution >= 4 is 19.8 Å².